The van der Waals surface area contributed by atoms with E-state index >= 15 is 0 Å². The Bertz CT molecular complexity index is 543. The summed E-state index contributed by atoms with van der Waals surface area (Å²) in [7, 11) is 1.68. The minimum atomic E-state index is -0.437. The minimum Gasteiger partial charge on any atom is -0.497 e. The first-order valence-electron chi connectivity index (χ1n) is 9.20. The molecule has 1 saturated heterocycles. The van der Waals surface area contributed by atoms with Crippen LogP contribution in [0.1, 0.15) is 58.6 Å². The average Bonchev–Trinajstić information content (AvgIpc) is 2.59. The highest BCUT2D eigenvalue weighted by atomic mass is 16.6. The number of benzene rings is 1. The number of hydrogen-bond donors (Lipinski definition) is 1. The lowest BCUT2D eigenvalue weighted by atomic mass is 9.99. The lowest BCUT2D eigenvalue weighted by Crippen LogP contribution is -2.47. The molecule has 1 N–H and O–H groups in total. The Morgan fingerprint density at radius 3 is 2.32 bits per heavy atom. The summed E-state index contributed by atoms with van der Waals surface area (Å²) in [6, 6.07) is 9.00. The van der Waals surface area contributed by atoms with Crippen LogP contribution in [0, 0.1) is 0 Å². The first kappa shape index (κ1) is 19.6. The predicted molar refractivity (Wildman–Crippen MR) is 100.0 cm³/mol. The van der Waals surface area contributed by atoms with Crippen LogP contribution in [0.5, 0.6) is 5.75 Å². The standard InChI is InChI=1S/C20H32N2O3/c1-6-18(15-7-9-17(24-5)10-8-15)21-16-11-13-22(14-12-16)19(23)25-20(2,3)4/h7-10,16,18,21H,6,11-14H2,1-5H3. The van der Waals surface area contributed by atoms with Crippen molar-refractivity contribution in [3.8, 4) is 5.75 Å². The van der Waals surface area contributed by atoms with Crippen molar-refractivity contribution in [1.82, 2.24) is 10.2 Å². The molecule has 0 radical (unpaired) electrons. The maximum Gasteiger partial charge on any atom is 0.410 e. The van der Waals surface area contributed by atoms with E-state index in [-0.39, 0.29) is 6.09 Å². The van der Waals surface area contributed by atoms with Crippen LogP contribution < -0.4 is 10.1 Å². The molecule has 0 bridgehead atoms. The van der Waals surface area contributed by atoms with E-state index in [4.69, 9.17) is 9.47 Å². The second kappa shape index (κ2) is 8.56. The number of hydrogen-bond acceptors (Lipinski definition) is 4. The first-order chi connectivity index (χ1) is 11.8. The van der Waals surface area contributed by atoms with Gasteiger partial charge in [-0.3, -0.25) is 0 Å². The van der Waals surface area contributed by atoms with Gasteiger partial charge in [0.15, 0.2) is 0 Å². The lowest BCUT2D eigenvalue weighted by Gasteiger charge is -2.35. The van der Waals surface area contributed by atoms with E-state index in [0.29, 0.717) is 12.1 Å². The smallest absolute Gasteiger partial charge is 0.410 e. The van der Waals surface area contributed by atoms with Crippen LogP contribution in [0.3, 0.4) is 0 Å². The lowest BCUT2D eigenvalue weighted by molar-refractivity contribution is 0.0195. The summed E-state index contributed by atoms with van der Waals surface area (Å²) in [6.45, 7) is 9.38. The first-order valence-corrected chi connectivity index (χ1v) is 9.20. The van der Waals surface area contributed by atoms with Gasteiger partial charge in [-0.2, -0.15) is 0 Å². The van der Waals surface area contributed by atoms with Gasteiger partial charge in [-0.15, -0.1) is 0 Å². The van der Waals surface area contributed by atoms with Crippen LogP contribution in [-0.2, 0) is 4.74 Å². The molecule has 0 aliphatic carbocycles. The van der Waals surface area contributed by atoms with Gasteiger partial charge >= 0.3 is 6.09 Å². The molecule has 1 fully saturated rings. The quantitative estimate of drug-likeness (QED) is 0.869. The molecule has 1 aromatic rings. The third-order valence-electron chi connectivity index (χ3n) is 4.51. The van der Waals surface area contributed by atoms with Gasteiger partial charge in [0.2, 0.25) is 0 Å². The fraction of sp³-hybridized carbons (Fsp3) is 0.650. The number of carbonyl (C=O) groups excluding carboxylic acids is 1. The van der Waals surface area contributed by atoms with Crippen molar-refractivity contribution >= 4 is 6.09 Å². The van der Waals surface area contributed by atoms with Crippen LogP contribution in [-0.4, -0.2) is 42.8 Å². The monoisotopic (exact) mass is 348 g/mol. The number of piperidine rings is 1. The van der Waals surface area contributed by atoms with Gasteiger partial charge in [0.1, 0.15) is 11.4 Å². The van der Waals surface area contributed by atoms with Crippen molar-refractivity contribution in [2.45, 2.75) is 64.6 Å². The van der Waals surface area contributed by atoms with Gasteiger partial charge in [0.25, 0.3) is 0 Å². The summed E-state index contributed by atoms with van der Waals surface area (Å²) in [5.41, 5.74) is 0.839. The molecule has 1 atom stereocenters. The number of likely N-dealkylation sites (tertiary alicyclic amines) is 1. The van der Waals surface area contributed by atoms with Gasteiger partial charge in [0.05, 0.1) is 7.11 Å². The van der Waals surface area contributed by atoms with Crippen molar-refractivity contribution < 1.29 is 14.3 Å². The maximum atomic E-state index is 12.2. The molecule has 5 heteroatoms. The van der Waals surface area contributed by atoms with E-state index in [9.17, 15) is 4.79 Å². The summed E-state index contributed by atoms with van der Waals surface area (Å²) in [5.74, 6) is 0.879. The zero-order valence-corrected chi connectivity index (χ0v) is 16.2. The van der Waals surface area contributed by atoms with Gasteiger partial charge in [-0.05, 0) is 57.7 Å². The zero-order chi connectivity index (χ0) is 18.4. The van der Waals surface area contributed by atoms with E-state index in [1.165, 1.54) is 5.56 Å². The second-order valence-electron chi connectivity index (χ2n) is 7.64. The molecule has 2 rings (SSSR count). The van der Waals surface area contributed by atoms with Gasteiger partial charge in [-0.25, -0.2) is 4.79 Å². The number of carbonyl (C=O) groups is 1. The largest absolute Gasteiger partial charge is 0.497 e. The molecule has 1 aromatic carbocycles. The number of nitrogens with one attached hydrogen (secondary N) is 1. The molecule has 1 amide bonds. The van der Waals surface area contributed by atoms with Gasteiger partial charge < -0.3 is 19.7 Å². The zero-order valence-electron chi connectivity index (χ0n) is 16.2. The summed E-state index contributed by atoms with van der Waals surface area (Å²) in [6.07, 6.45) is 2.73. The molecule has 1 heterocycles. The molecule has 1 aliphatic rings. The Morgan fingerprint density at radius 1 is 1.24 bits per heavy atom. The Kier molecular flexibility index (Phi) is 6.71. The highest BCUT2D eigenvalue weighted by Gasteiger charge is 2.27. The molecule has 25 heavy (non-hydrogen) atoms. The summed E-state index contributed by atoms with van der Waals surface area (Å²) in [4.78, 5) is 14.0. The normalized spacial score (nSPS) is 17.2. The Balaban J connectivity index is 1.86. The van der Waals surface area contributed by atoms with E-state index < -0.39 is 5.60 Å². The van der Waals surface area contributed by atoms with Crippen molar-refractivity contribution in [3.05, 3.63) is 29.8 Å². The SMILES string of the molecule is CCC(NC1CCN(C(=O)OC(C)(C)C)CC1)c1ccc(OC)cc1. The van der Waals surface area contributed by atoms with E-state index in [0.717, 1.165) is 38.1 Å². The molecule has 0 spiro atoms. The van der Waals surface area contributed by atoms with Gasteiger partial charge in [-0.1, -0.05) is 19.1 Å². The Morgan fingerprint density at radius 2 is 1.84 bits per heavy atom. The molecular weight excluding hydrogens is 316 g/mol. The number of nitrogens with zero attached hydrogens (tertiary/aromatic N) is 1. The molecule has 0 saturated carbocycles. The van der Waals surface area contributed by atoms with Crippen molar-refractivity contribution in [1.29, 1.82) is 0 Å². The van der Waals surface area contributed by atoms with Crippen LogP contribution in [0.15, 0.2) is 24.3 Å². The van der Waals surface area contributed by atoms with Crippen molar-refractivity contribution in [2.24, 2.45) is 0 Å². The van der Waals surface area contributed by atoms with Crippen molar-refractivity contribution in [3.63, 3.8) is 0 Å². The van der Waals surface area contributed by atoms with Crippen LogP contribution in [0.4, 0.5) is 4.79 Å². The Labute approximate surface area is 151 Å². The molecule has 0 aromatic heterocycles. The molecule has 5 nitrogen and oxygen atoms in total. The summed E-state index contributed by atoms with van der Waals surface area (Å²) < 4.78 is 10.7. The van der Waals surface area contributed by atoms with Crippen molar-refractivity contribution in [2.75, 3.05) is 20.2 Å². The van der Waals surface area contributed by atoms with E-state index in [2.05, 4.69) is 24.4 Å². The molecule has 1 unspecified atom stereocenters. The molecule has 1 aliphatic heterocycles. The van der Waals surface area contributed by atoms with Crippen LogP contribution >= 0.6 is 0 Å². The predicted octanol–water partition coefficient (Wildman–Crippen LogP) is 4.14. The third kappa shape index (κ3) is 5.92. The minimum absolute atomic E-state index is 0.201. The second-order valence-corrected chi connectivity index (χ2v) is 7.64. The van der Waals surface area contributed by atoms with Crippen LogP contribution in [0.25, 0.3) is 0 Å². The number of methoxy groups -OCH3 is 1. The topological polar surface area (TPSA) is 50.8 Å². The number of ether oxygens (including phenoxy) is 2. The van der Waals surface area contributed by atoms with Gasteiger partial charge in [0, 0.05) is 25.2 Å². The van der Waals surface area contributed by atoms with E-state index in [1.807, 2.05) is 37.8 Å². The average molecular weight is 348 g/mol. The third-order valence-corrected chi connectivity index (χ3v) is 4.51. The van der Waals surface area contributed by atoms with Crippen LogP contribution in [0.2, 0.25) is 0 Å². The molecule has 140 valence electrons. The molecular formula is C20H32N2O3. The number of amides is 1. The fourth-order valence-corrected chi connectivity index (χ4v) is 3.13. The highest BCUT2D eigenvalue weighted by molar-refractivity contribution is 5.68. The maximum absolute atomic E-state index is 12.2. The summed E-state index contributed by atoms with van der Waals surface area (Å²) in [5, 5.41) is 3.75. The number of rotatable bonds is 5. The highest BCUT2D eigenvalue weighted by Crippen LogP contribution is 2.23. The fourth-order valence-electron chi connectivity index (χ4n) is 3.13. The van der Waals surface area contributed by atoms with E-state index in [1.54, 1.807) is 7.11 Å². The summed E-state index contributed by atoms with van der Waals surface area (Å²) >= 11 is 0. The Hall–Kier alpha value is -1.75.